The molecule has 1 amide bonds. The number of rotatable bonds is 3. The third kappa shape index (κ3) is 2.35. The van der Waals surface area contributed by atoms with Crippen LogP contribution in [-0.4, -0.2) is 57.8 Å². The van der Waals surface area contributed by atoms with Crippen molar-refractivity contribution in [1.82, 2.24) is 10.6 Å². The highest BCUT2D eigenvalue weighted by Crippen LogP contribution is 2.31. The molecule has 0 radical (unpaired) electrons. The van der Waals surface area contributed by atoms with E-state index >= 15 is 0 Å². The molecule has 5 N–H and O–H groups in total. The van der Waals surface area contributed by atoms with Crippen LogP contribution < -0.4 is 10.6 Å². The van der Waals surface area contributed by atoms with Crippen LogP contribution in [0.2, 0.25) is 0 Å². The summed E-state index contributed by atoms with van der Waals surface area (Å²) in [4.78, 5) is 16.3. The average molecular weight is 307 g/mol. The van der Waals surface area contributed by atoms with Crippen molar-refractivity contribution in [2.45, 2.75) is 30.6 Å². The molecule has 22 heavy (non-hydrogen) atoms. The molecule has 0 aliphatic carbocycles. The molecule has 0 saturated carbocycles. The smallest absolute Gasteiger partial charge is 0.283 e. The molecule has 2 aliphatic heterocycles. The first-order chi connectivity index (χ1) is 10.6. The van der Waals surface area contributed by atoms with E-state index in [0.717, 1.165) is 5.56 Å². The average Bonchev–Trinajstić information content (AvgIpc) is 2.99. The normalized spacial score (nSPS) is 35.9. The van der Waals surface area contributed by atoms with Crippen molar-refractivity contribution >= 4 is 11.9 Å². The number of guanidine groups is 1. The molecular formula is C14H17N3O5. The quantitative estimate of drug-likeness (QED) is 0.443. The molecule has 1 aromatic carbocycles. The van der Waals surface area contributed by atoms with E-state index < -0.39 is 36.6 Å². The molecular weight excluding hydrogens is 290 g/mol. The molecule has 118 valence electrons. The maximum atomic E-state index is 12.1. The van der Waals surface area contributed by atoms with Crippen LogP contribution in [0.4, 0.5) is 0 Å². The first kappa shape index (κ1) is 14.9. The number of carbonyl (C=O) groups is 1. The third-order valence-corrected chi connectivity index (χ3v) is 3.77. The van der Waals surface area contributed by atoms with Crippen molar-refractivity contribution in [1.29, 1.82) is 0 Å². The molecule has 8 heteroatoms. The van der Waals surface area contributed by atoms with Crippen LogP contribution in [0.15, 0.2) is 35.3 Å². The molecule has 2 aliphatic rings. The van der Waals surface area contributed by atoms with Gasteiger partial charge in [-0.05, 0) is 5.56 Å². The number of hydrogen-bond acceptors (Lipinski definition) is 6. The van der Waals surface area contributed by atoms with Gasteiger partial charge in [-0.15, -0.1) is 0 Å². The minimum absolute atomic E-state index is 0.152. The van der Waals surface area contributed by atoms with Gasteiger partial charge in [-0.2, -0.15) is 0 Å². The lowest BCUT2D eigenvalue weighted by molar-refractivity contribution is -0.153. The molecule has 0 bridgehead atoms. The number of ether oxygens (including phenoxy) is 1. The second kappa shape index (κ2) is 5.65. The van der Waals surface area contributed by atoms with Gasteiger partial charge in [-0.1, -0.05) is 30.3 Å². The fourth-order valence-electron chi connectivity index (χ4n) is 2.56. The van der Waals surface area contributed by atoms with Gasteiger partial charge in [0, 0.05) is 0 Å². The first-order valence-corrected chi connectivity index (χ1v) is 6.89. The molecule has 3 rings (SSSR count). The summed E-state index contributed by atoms with van der Waals surface area (Å²) in [5, 5.41) is 34.1. The summed E-state index contributed by atoms with van der Waals surface area (Å²) in [6.45, 7) is -0.174. The van der Waals surface area contributed by atoms with Gasteiger partial charge in [0.15, 0.2) is 0 Å². The highest BCUT2D eigenvalue weighted by molar-refractivity contribution is 6.08. The number of nitrogens with zero attached hydrogens (tertiary/aromatic N) is 1. The standard InChI is InChI=1S/C14H17N3O5/c18-7-9-10(19)11(20)14(22-9)12(21)16-13(17-14)15-6-8-4-2-1-3-5-8/h1-5,9-11,18-20H,6-7H2,(H2,15,16,17,21)/t9?,10-,11-,14+/m1/s1. The zero-order chi connectivity index (χ0) is 15.7. The Hall–Kier alpha value is -2.00. The highest BCUT2D eigenvalue weighted by atomic mass is 16.6. The van der Waals surface area contributed by atoms with Gasteiger partial charge < -0.3 is 25.4 Å². The molecule has 1 aromatic rings. The Balaban J connectivity index is 1.76. The number of amides is 1. The third-order valence-electron chi connectivity index (χ3n) is 3.77. The lowest BCUT2D eigenvalue weighted by atomic mass is 10.0. The summed E-state index contributed by atoms with van der Waals surface area (Å²) in [5.74, 6) is -0.500. The van der Waals surface area contributed by atoms with Gasteiger partial charge in [0.25, 0.3) is 11.6 Å². The second-order valence-electron chi connectivity index (χ2n) is 5.24. The molecule has 0 aromatic heterocycles. The van der Waals surface area contributed by atoms with Gasteiger partial charge >= 0.3 is 0 Å². The summed E-state index contributed by atoms with van der Waals surface area (Å²) >= 11 is 0. The van der Waals surface area contributed by atoms with E-state index in [9.17, 15) is 15.0 Å². The Morgan fingerprint density at radius 3 is 2.64 bits per heavy atom. The monoisotopic (exact) mass is 307 g/mol. The predicted molar refractivity (Wildman–Crippen MR) is 75.6 cm³/mol. The molecule has 8 nitrogen and oxygen atoms in total. The van der Waals surface area contributed by atoms with Crippen molar-refractivity contribution in [2.75, 3.05) is 6.61 Å². The number of aliphatic hydroxyl groups is 3. The Morgan fingerprint density at radius 1 is 1.27 bits per heavy atom. The Labute approximate surface area is 126 Å². The number of aliphatic imine (C=N–C) groups is 1. The molecule has 2 saturated heterocycles. The van der Waals surface area contributed by atoms with Crippen molar-refractivity contribution in [3.05, 3.63) is 35.9 Å². The van der Waals surface area contributed by atoms with Gasteiger partial charge in [-0.25, -0.2) is 4.99 Å². The van der Waals surface area contributed by atoms with E-state index in [1.165, 1.54) is 0 Å². The van der Waals surface area contributed by atoms with Crippen molar-refractivity contribution in [2.24, 2.45) is 4.99 Å². The largest absolute Gasteiger partial charge is 0.394 e. The Morgan fingerprint density at radius 2 is 2.00 bits per heavy atom. The van der Waals surface area contributed by atoms with E-state index in [4.69, 9.17) is 9.84 Å². The van der Waals surface area contributed by atoms with Crippen molar-refractivity contribution < 1.29 is 24.9 Å². The fraction of sp³-hybridized carbons (Fsp3) is 0.429. The summed E-state index contributed by atoms with van der Waals surface area (Å²) < 4.78 is 5.32. The van der Waals surface area contributed by atoms with Crippen molar-refractivity contribution in [3.63, 3.8) is 0 Å². The lowest BCUT2D eigenvalue weighted by Gasteiger charge is -2.23. The van der Waals surface area contributed by atoms with Gasteiger partial charge in [0.05, 0.1) is 13.2 Å². The zero-order valence-corrected chi connectivity index (χ0v) is 11.6. The topological polar surface area (TPSA) is 123 Å². The van der Waals surface area contributed by atoms with Crippen LogP contribution in [0, 0.1) is 0 Å². The SMILES string of the molecule is O=C1NC(=NCc2ccccc2)N[C@@]12OC(CO)[C@@H](O)[C@H]2O. The maximum absolute atomic E-state index is 12.1. The van der Waals surface area contributed by atoms with E-state index in [-0.39, 0.29) is 5.96 Å². The Bertz CT molecular complexity index is 593. The molecule has 1 spiro atoms. The molecule has 2 fully saturated rings. The number of aliphatic hydroxyl groups excluding tert-OH is 3. The van der Waals surface area contributed by atoms with Crippen LogP contribution in [0.25, 0.3) is 0 Å². The van der Waals surface area contributed by atoms with E-state index in [1.807, 2.05) is 30.3 Å². The van der Waals surface area contributed by atoms with Crippen LogP contribution in [0.5, 0.6) is 0 Å². The first-order valence-electron chi connectivity index (χ1n) is 6.89. The minimum Gasteiger partial charge on any atom is -0.394 e. The van der Waals surface area contributed by atoms with Gasteiger partial charge in [0.2, 0.25) is 5.96 Å². The van der Waals surface area contributed by atoms with E-state index in [0.29, 0.717) is 6.54 Å². The number of hydrogen-bond donors (Lipinski definition) is 5. The number of carbonyl (C=O) groups excluding carboxylic acids is 1. The fourth-order valence-corrected chi connectivity index (χ4v) is 2.56. The summed E-state index contributed by atoms with van der Waals surface area (Å²) in [5.41, 5.74) is -0.865. The summed E-state index contributed by atoms with van der Waals surface area (Å²) in [6, 6.07) is 9.43. The van der Waals surface area contributed by atoms with Crippen LogP contribution >= 0.6 is 0 Å². The van der Waals surface area contributed by atoms with Crippen LogP contribution in [-0.2, 0) is 16.1 Å². The molecule has 2 heterocycles. The minimum atomic E-state index is -1.82. The van der Waals surface area contributed by atoms with Crippen LogP contribution in [0.3, 0.4) is 0 Å². The summed E-state index contributed by atoms with van der Waals surface area (Å²) in [7, 11) is 0. The highest BCUT2D eigenvalue weighted by Gasteiger charge is 2.62. The molecule has 1 unspecified atom stereocenters. The van der Waals surface area contributed by atoms with Crippen molar-refractivity contribution in [3.8, 4) is 0 Å². The Kier molecular flexibility index (Phi) is 3.83. The lowest BCUT2D eigenvalue weighted by Crippen LogP contribution is -2.56. The van der Waals surface area contributed by atoms with E-state index in [2.05, 4.69) is 15.6 Å². The van der Waals surface area contributed by atoms with E-state index in [1.54, 1.807) is 0 Å². The van der Waals surface area contributed by atoms with Gasteiger partial charge in [-0.3, -0.25) is 10.1 Å². The predicted octanol–water partition coefficient (Wildman–Crippen LogP) is -1.93. The maximum Gasteiger partial charge on any atom is 0.283 e. The zero-order valence-electron chi connectivity index (χ0n) is 11.6. The van der Waals surface area contributed by atoms with Crippen LogP contribution in [0.1, 0.15) is 5.56 Å². The molecule has 4 atom stereocenters. The second-order valence-corrected chi connectivity index (χ2v) is 5.24. The van der Waals surface area contributed by atoms with Gasteiger partial charge in [0.1, 0.15) is 18.3 Å². The number of nitrogens with one attached hydrogen (secondary N) is 2. The number of benzene rings is 1. The summed E-state index contributed by atoms with van der Waals surface area (Å²) in [6.07, 6.45) is -3.91.